The normalized spacial score (nSPS) is 11.9. The van der Waals surface area contributed by atoms with Crippen LogP contribution in [0, 0.1) is 0 Å². The summed E-state index contributed by atoms with van der Waals surface area (Å²) in [5.74, 6) is 1.71. The Hall–Kier alpha value is -7.63. The molecule has 3 heterocycles. The first-order chi connectivity index (χ1) is 27.8. The molecule has 0 unspecified atom stereocenters. The minimum atomic E-state index is 0.566. The fourth-order valence-corrected chi connectivity index (χ4v) is 8.67. The van der Waals surface area contributed by atoms with Crippen molar-refractivity contribution in [2.24, 2.45) is 0 Å². The molecule has 0 amide bonds. The highest BCUT2D eigenvalue weighted by atomic mass is 16.3. The van der Waals surface area contributed by atoms with Gasteiger partial charge in [0.05, 0.1) is 0 Å². The first-order valence-electron chi connectivity index (χ1n) is 18.8. The standard InChI is InChI=1S/C51H29N3O2/c1-3-15-32-30(13-1)27-28-35-41(29-31-14-2-4-16-33(31)46(32)35)34-17-5-6-18-36(34)49-52-50(39-21-11-25-44-47(39)37-19-7-9-23-42(37)55-44)54-51(53-49)40-22-12-26-45-48(40)38-20-8-10-24-43(38)56-45/h1-29H. The zero-order valence-corrected chi connectivity index (χ0v) is 29.9. The van der Waals surface area contributed by atoms with Gasteiger partial charge < -0.3 is 8.83 Å². The summed E-state index contributed by atoms with van der Waals surface area (Å²) in [5, 5.41) is 11.2. The molecule has 3 aromatic heterocycles. The van der Waals surface area contributed by atoms with Gasteiger partial charge in [0.1, 0.15) is 22.3 Å². The van der Waals surface area contributed by atoms with Gasteiger partial charge in [0.15, 0.2) is 17.5 Å². The van der Waals surface area contributed by atoms with Crippen LogP contribution in [0.3, 0.4) is 0 Å². The third-order valence-corrected chi connectivity index (χ3v) is 11.1. The molecule has 0 saturated heterocycles. The average molecular weight is 716 g/mol. The van der Waals surface area contributed by atoms with E-state index in [0.717, 1.165) is 71.7 Å². The van der Waals surface area contributed by atoms with Gasteiger partial charge in [-0.1, -0.05) is 146 Å². The molecule has 0 spiro atoms. The molecule has 0 bridgehead atoms. The number of furan rings is 2. The number of fused-ring (bicyclic) bond motifs is 11. The second-order valence-electron chi connectivity index (χ2n) is 14.3. The van der Waals surface area contributed by atoms with Gasteiger partial charge in [0.25, 0.3) is 0 Å². The molecule has 5 nitrogen and oxygen atoms in total. The average Bonchev–Trinajstić information content (AvgIpc) is 3.84. The van der Waals surface area contributed by atoms with Crippen LogP contribution < -0.4 is 0 Å². The second-order valence-corrected chi connectivity index (χ2v) is 14.3. The molecular weight excluding hydrogens is 687 g/mol. The molecule has 0 N–H and O–H groups in total. The van der Waals surface area contributed by atoms with E-state index in [1.807, 2.05) is 60.7 Å². The maximum atomic E-state index is 6.34. The summed E-state index contributed by atoms with van der Waals surface area (Å²) >= 11 is 0. The van der Waals surface area contributed by atoms with Crippen LogP contribution in [0.1, 0.15) is 0 Å². The molecule has 5 heteroatoms. The van der Waals surface area contributed by atoms with Crippen molar-refractivity contribution in [3.05, 3.63) is 176 Å². The van der Waals surface area contributed by atoms with E-state index < -0.39 is 0 Å². The minimum Gasteiger partial charge on any atom is -0.456 e. The van der Waals surface area contributed by atoms with E-state index in [1.165, 1.54) is 32.3 Å². The highest BCUT2D eigenvalue weighted by molar-refractivity contribution is 6.24. The largest absolute Gasteiger partial charge is 0.456 e. The Morgan fingerprint density at radius 3 is 1.34 bits per heavy atom. The molecule has 9 aromatic carbocycles. The lowest BCUT2D eigenvalue weighted by Gasteiger charge is -2.16. The van der Waals surface area contributed by atoms with E-state index >= 15 is 0 Å². The maximum absolute atomic E-state index is 6.34. The molecule has 0 fully saturated rings. The smallest absolute Gasteiger partial charge is 0.164 e. The summed E-state index contributed by atoms with van der Waals surface area (Å²) in [6.07, 6.45) is 0. The van der Waals surface area contributed by atoms with Crippen LogP contribution in [-0.2, 0) is 0 Å². The highest BCUT2D eigenvalue weighted by Gasteiger charge is 2.22. The zero-order chi connectivity index (χ0) is 36.7. The van der Waals surface area contributed by atoms with E-state index in [-0.39, 0.29) is 0 Å². The van der Waals surface area contributed by atoms with Crippen molar-refractivity contribution >= 4 is 76.2 Å². The summed E-state index contributed by atoms with van der Waals surface area (Å²) in [6.45, 7) is 0. The van der Waals surface area contributed by atoms with Gasteiger partial charge in [0, 0.05) is 38.2 Å². The number of hydrogen-bond acceptors (Lipinski definition) is 5. The van der Waals surface area contributed by atoms with Crippen LogP contribution >= 0.6 is 0 Å². The van der Waals surface area contributed by atoms with Crippen LogP contribution in [0.15, 0.2) is 185 Å². The number of benzene rings is 9. The van der Waals surface area contributed by atoms with Crippen molar-refractivity contribution < 1.29 is 8.83 Å². The Labute approximate surface area is 320 Å². The topological polar surface area (TPSA) is 65.0 Å². The van der Waals surface area contributed by atoms with Crippen molar-refractivity contribution in [2.75, 3.05) is 0 Å². The van der Waals surface area contributed by atoms with Gasteiger partial charge in [-0.2, -0.15) is 0 Å². The van der Waals surface area contributed by atoms with Gasteiger partial charge in [-0.3, -0.25) is 0 Å². The molecule has 0 atom stereocenters. The van der Waals surface area contributed by atoms with Crippen LogP contribution in [0.5, 0.6) is 0 Å². The lowest BCUT2D eigenvalue weighted by Crippen LogP contribution is -2.01. The zero-order valence-electron chi connectivity index (χ0n) is 29.9. The van der Waals surface area contributed by atoms with Crippen molar-refractivity contribution in [1.29, 1.82) is 0 Å². The van der Waals surface area contributed by atoms with Crippen LogP contribution in [0.2, 0.25) is 0 Å². The Balaban J connectivity index is 1.17. The van der Waals surface area contributed by atoms with Crippen molar-refractivity contribution in [1.82, 2.24) is 15.0 Å². The van der Waals surface area contributed by atoms with Gasteiger partial charge in [-0.15, -0.1) is 0 Å². The van der Waals surface area contributed by atoms with E-state index in [9.17, 15) is 0 Å². The SMILES string of the molecule is c1ccc(-c2cc3ccccc3c3c2ccc2ccccc23)c(-c2nc(-c3cccc4oc5ccccc5c34)nc(-c3cccc4oc5ccccc5c34)n2)c1. The molecule has 12 aromatic rings. The molecule has 0 radical (unpaired) electrons. The fourth-order valence-electron chi connectivity index (χ4n) is 8.67. The fraction of sp³-hybridized carbons (Fsp3) is 0. The number of rotatable bonds is 4. The summed E-state index contributed by atoms with van der Waals surface area (Å²) in [7, 11) is 0. The van der Waals surface area contributed by atoms with E-state index in [0.29, 0.717) is 17.5 Å². The summed E-state index contributed by atoms with van der Waals surface area (Å²) in [6, 6.07) is 61.0. The molecule has 12 rings (SSSR count). The quantitative estimate of drug-likeness (QED) is 0.170. The van der Waals surface area contributed by atoms with Crippen LogP contribution in [0.4, 0.5) is 0 Å². The van der Waals surface area contributed by atoms with E-state index in [1.54, 1.807) is 0 Å². The van der Waals surface area contributed by atoms with E-state index in [2.05, 4.69) is 115 Å². The van der Waals surface area contributed by atoms with Gasteiger partial charge in [0.2, 0.25) is 0 Å². The third kappa shape index (κ3) is 4.58. The van der Waals surface area contributed by atoms with Crippen LogP contribution in [0.25, 0.3) is 121 Å². The molecular formula is C51H29N3O2. The van der Waals surface area contributed by atoms with Crippen molar-refractivity contribution in [3.8, 4) is 45.3 Å². The van der Waals surface area contributed by atoms with E-state index in [4.69, 9.17) is 23.8 Å². The molecule has 0 saturated carbocycles. The Morgan fingerprint density at radius 1 is 0.268 bits per heavy atom. The lowest BCUT2D eigenvalue weighted by molar-refractivity contribution is 0.668. The lowest BCUT2D eigenvalue weighted by atomic mass is 9.88. The predicted molar refractivity (Wildman–Crippen MR) is 229 cm³/mol. The molecule has 0 aliphatic rings. The minimum absolute atomic E-state index is 0.566. The molecule has 260 valence electrons. The van der Waals surface area contributed by atoms with Crippen molar-refractivity contribution in [3.63, 3.8) is 0 Å². The Bertz CT molecular complexity index is 3410. The summed E-state index contributed by atoms with van der Waals surface area (Å²) < 4.78 is 12.7. The molecule has 0 aliphatic heterocycles. The van der Waals surface area contributed by atoms with Gasteiger partial charge >= 0.3 is 0 Å². The monoisotopic (exact) mass is 715 g/mol. The van der Waals surface area contributed by atoms with Crippen LogP contribution in [-0.4, -0.2) is 15.0 Å². The highest BCUT2D eigenvalue weighted by Crippen LogP contribution is 2.43. The molecule has 56 heavy (non-hydrogen) atoms. The first-order valence-corrected chi connectivity index (χ1v) is 18.8. The molecule has 0 aliphatic carbocycles. The second kappa shape index (κ2) is 11.9. The Kier molecular flexibility index (Phi) is 6.56. The number of hydrogen-bond donors (Lipinski definition) is 0. The third-order valence-electron chi connectivity index (χ3n) is 11.1. The van der Waals surface area contributed by atoms with Crippen molar-refractivity contribution in [2.45, 2.75) is 0 Å². The number of aromatic nitrogens is 3. The van der Waals surface area contributed by atoms with Gasteiger partial charge in [-0.25, -0.2) is 15.0 Å². The number of nitrogens with zero attached hydrogens (tertiary/aromatic N) is 3. The first kappa shape index (κ1) is 30.8. The predicted octanol–water partition coefficient (Wildman–Crippen LogP) is 13.8. The summed E-state index contributed by atoms with van der Waals surface area (Å²) in [5.41, 5.74) is 8.03. The summed E-state index contributed by atoms with van der Waals surface area (Å²) in [4.78, 5) is 16.0. The van der Waals surface area contributed by atoms with Gasteiger partial charge in [-0.05, 0) is 73.8 Å². The maximum Gasteiger partial charge on any atom is 0.164 e. The Morgan fingerprint density at radius 2 is 0.714 bits per heavy atom. The number of para-hydroxylation sites is 2.